The fourth-order valence-corrected chi connectivity index (χ4v) is 2.25. The van der Waals surface area contributed by atoms with Crippen molar-refractivity contribution in [2.24, 2.45) is 0 Å². The number of aromatic nitrogens is 4. The van der Waals surface area contributed by atoms with Crippen LogP contribution in [0.2, 0.25) is 0 Å². The second kappa shape index (κ2) is 6.64. The van der Waals surface area contributed by atoms with E-state index in [0.29, 0.717) is 6.54 Å². The highest BCUT2D eigenvalue weighted by atomic mass is 16.4. The summed E-state index contributed by atoms with van der Waals surface area (Å²) < 4.78 is 3.09. The van der Waals surface area contributed by atoms with Crippen LogP contribution >= 0.6 is 0 Å². The van der Waals surface area contributed by atoms with Crippen molar-refractivity contribution in [1.82, 2.24) is 24.9 Å². The van der Waals surface area contributed by atoms with Crippen molar-refractivity contribution >= 4 is 11.9 Å². The van der Waals surface area contributed by atoms with Crippen molar-refractivity contribution in [1.29, 1.82) is 0 Å². The fraction of sp³-hybridized carbons (Fsp3) is 0.467. The maximum atomic E-state index is 12.2. The van der Waals surface area contributed by atoms with Gasteiger partial charge in [0.1, 0.15) is 11.7 Å². The monoisotopic (exact) mass is 319 g/mol. The lowest BCUT2D eigenvalue weighted by Gasteiger charge is -2.14. The summed E-state index contributed by atoms with van der Waals surface area (Å²) in [7, 11) is 0. The van der Waals surface area contributed by atoms with Crippen LogP contribution in [-0.2, 0) is 11.3 Å². The van der Waals surface area contributed by atoms with Gasteiger partial charge in [-0.15, -0.1) is 0 Å². The molecule has 0 spiro atoms. The molecule has 0 saturated carbocycles. The quantitative estimate of drug-likeness (QED) is 0.832. The van der Waals surface area contributed by atoms with Gasteiger partial charge < -0.3 is 10.4 Å². The number of nitrogens with zero attached hydrogens (tertiary/aromatic N) is 4. The SMILES string of the molecule is Cc1cc(C)n(CC(C)NC(=O)c2ccn(C(C)C(=O)O)n2)n1. The number of rotatable bonds is 6. The van der Waals surface area contributed by atoms with Gasteiger partial charge in [0.05, 0.1) is 12.2 Å². The number of aryl methyl sites for hydroxylation is 2. The highest BCUT2D eigenvalue weighted by molar-refractivity contribution is 5.92. The molecule has 0 aliphatic rings. The molecule has 0 radical (unpaired) electrons. The Morgan fingerprint density at radius 2 is 2.00 bits per heavy atom. The summed E-state index contributed by atoms with van der Waals surface area (Å²) in [4.78, 5) is 23.1. The molecule has 2 aromatic heterocycles. The highest BCUT2D eigenvalue weighted by Crippen LogP contribution is 2.07. The second-order valence-electron chi connectivity index (χ2n) is 5.68. The molecule has 0 aliphatic heterocycles. The van der Waals surface area contributed by atoms with E-state index in [1.165, 1.54) is 23.9 Å². The van der Waals surface area contributed by atoms with Crippen LogP contribution in [0.4, 0.5) is 0 Å². The molecule has 1 amide bonds. The Hall–Kier alpha value is -2.64. The fourth-order valence-electron chi connectivity index (χ4n) is 2.25. The number of aliphatic carboxylic acids is 1. The Balaban J connectivity index is 1.98. The van der Waals surface area contributed by atoms with Crippen molar-refractivity contribution in [3.8, 4) is 0 Å². The summed E-state index contributed by atoms with van der Waals surface area (Å²) in [6, 6.07) is 2.53. The summed E-state index contributed by atoms with van der Waals surface area (Å²) in [6.07, 6.45) is 1.49. The molecular weight excluding hydrogens is 298 g/mol. The first kappa shape index (κ1) is 16.7. The molecule has 2 atom stereocenters. The maximum absolute atomic E-state index is 12.2. The Labute approximate surface area is 134 Å². The lowest BCUT2D eigenvalue weighted by Crippen LogP contribution is -2.36. The van der Waals surface area contributed by atoms with Crippen LogP contribution in [0.1, 0.15) is 41.8 Å². The third-order valence-electron chi connectivity index (χ3n) is 3.52. The van der Waals surface area contributed by atoms with Crippen LogP contribution in [0.15, 0.2) is 18.3 Å². The normalized spacial score (nSPS) is 13.6. The molecule has 2 aromatic rings. The molecule has 0 fully saturated rings. The molecule has 2 unspecified atom stereocenters. The van der Waals surface area contributed by atoms with Crippen LogP contribution in [0.5, 0.6) is 0 Å². The van der Waals surface area contributed by atoms with Crippen LogP contribution in [0, 0.1) is 13.8 Å². The Bertz CT molecular complexity index is 719. The van der Waals surface area contributed by atoms with Crippen molar-refractivity contribution in [2.45, 2.75) is 46.3 Å². The van der Waals surface area contributed by atoms with Crippen LogP contribution in [0.25, 0.3) is 0 Å². The first-order chi connectivity index (χ1) is 10.8. The first-order valence-electron chi connectivity index (χ1n) is 7.37. The van der Waals surface area contributed by atoms with E-state index in [1.54, 1.807) is 0 Å². The number of hydrogen-bond acceptors (Lipinski definition) is 4. The number of carboxylic acids is 1. The Morgan fingerprint density at radius 1 is 1.30 bits per heavy atom. The summed E-state index contributed by atoms with van der Waals surface area (Å²) in [5.41, 5.74) is 2.16. The minimum Gasteiger partial charge on any atom is -0.480 e. The zero-order chi connectivity index (χ0) is 17.1. The molecule has 2 rings (SSSR count). The maximum Gasteiger partial charge on any atom is 0.328 e. The zero-order valence-electron chi connectivity index (χ0n) is 13.6. The van der Waals surface area contributed by atoms with Gasteiger partial charge in [0.25, 0.3) is 5.91 Å². The third-order valence-corrected chi connectivity index (χ3v) is 3.52. The predicted molar refractivity (Wildman–Crippen MR) is 83.2 cm³/mol. The molecule has 8 heteroatoms. The van der Waals surface area contributed by atoms with Crippen LogP contribution in [0.3, 0.4) is 0 Å². The van der Waals surface area contributed by atoms with Crippen molar-refractivity contribution < 1.29 is 14.7 Å². The van der Waals surface area contributed by atoms with E-state index in [2.05, 4.69) is 15.5 Å². The number of hydrogen-bond donors (Lipinski definition) is 2. The van der Waals surface area contributed by atoms with E-state index in [-0.39, 0.29) is 17.6 Å². The van der Waals surface area contributed by atoms with E-state index in [1.807, 2.05) is 31.5 Å². The van der Waals surface area contributed by atoms with Gasteiger partial charge in [-0.25, -0.2) is 4.79 Å². The van der Waals surface area contributed by atoms with Crippen molar-refractivity contribution in [3.63, 3.8) is 0 Å². The average Bonchev–Trinajstić information content (AvgIpc) is 3.05. The van der Waals surface area contributed by atoms with Crippen LogP contribution in [-0.4, -0.2) is 42.6 Å². The Kier molecular flexibility index (Phi) is 4.83. The molecule has 8 nitrogen and oxygen atoms in total. The summed E-state index contributed by atoms with van der Waals surface area (Å²) in [5, 5.41) is 20.2. The summed E-state index contributed by atoms with van der Waals surface area (Å²) >= 11 is 0. The van der Waals surface area contributed by atoms with Crippen LogP contribution < -0.4 is 5.32 Å². The summed E-state index contributed by atoms with van der Waals surface area (Å²) in [5.74, 6) is -1.34. The van der Waals surface area contributed by atoms with E-state index in [0.717, 1.165) is 11.4 Å². The zero-order valence-corrected chi connectivity index (χ0v) is 13.6. The van der Waals surface area contributed by atoms with Crippen molar-refractivity contribution in [3.05, 3.63) is 35.4 Å². The minimum absolute atomic E-state index is 0.137. The lowest BCUT2D eigenvalue weighted by molar-refractivity contribution is -0.140. The second-order valence-corrected chi connectivity index (χ2v) is 5.68. The number of carbonyl (C=O) groups excluding carboxylic acids is 1. The molecule has 2 N–H and O–H groups in total. The largest absolute Gasteiger partial charge is 0.480 e. The predicted octanol–water partition coefficient (Wildman–Crippen LogP) is 1.16. The Morgan fingerprint density at radius 3 is 2.57 bits per heavy atom. The molecule has 0 aromatic carbocycles. The topological polar surface area (TPSA) is 102 Å². The van der Waals surface area contributed by atoms with Gasteiger partial charge in [-0.2, -0.15) is 10.2 Å². The van der Waals surface area contributed by atoms with Gasteiger partial charge >= 0.3 is 5.97 Å². The van der Waals surface area contributed by atoms with Gasteiger partial charge in [-0.1, -0.05) is 0 Å². The number of nitrogens with one attached hydrogen (secondary N) is 1. The smallest absolute Gasteiger partial charge is 0.328 e. The summed E-state index contributed by atoms with van der Waals surface area (Å²) in [6.45, 7) is 7.82. The average molecular weight is 319 g/mol. The van der Waals surface area contributed by atoms with E-state index in [9.17, 15) is 9.59 Å². The molecule has 0 saturated heterocycles. The van der Waals surface area contributed by atoms with E-state index in [4.69, 9.17) is 5.11 Å². The van der Waals surface area contributed by atoms with Gasteiger partial charge in [0.2, 0.25) is 0 Å². The standard InChI is InChI=1S/C15H21N5O3/c1-9-7-11(3)20(17-9)8-10(2)16-14(21)13-5-6-19(18-13)12(4)15(22)23/h5-7,10,12H,8H2,1-4H3,(H,16,21)(H,22,23). The molecule has 124 valence electrons. The first-order valence-corrected chi connectivity index (χ1v) is 7.37. The lowest BCUT2D eigenvalue weighted by atomic mass is 10.3. The van der Waals surface area contributed by atoms with Crippen molar-refractivity contribution in [2.75, 3.05) is 0 Å². The van der Waals surface area contributed by atoms with Gasteiger partial charge in [-0.3, -0.25) is 14.2 Å². The highest BCUT2D eigenvalue weighted by Gasteiger charge is 2.18. The van der Waals surface area contributed by atoms with Gasteiger partial charge in [0, 0.05) is 17.9 Å². The van der Waals surface area contributed by atoms with E-state index < -0.39 is 12.0 Å². The molecule has 0 bridgehead atoms. The number of carboxylic acid groups (broad SMARTS) is 1. The molecule has 2 heterocycles. The van der Waals surface area contributed by atoms with Gasteiger partial charge in [-0.05, 0) is 39.8 Å². The molecule has 0 aliphatic carbocycles. The molecule has 23 heavy (non-hydrogen) atoms. The number of amides is 1. The third kappa shape index (κ3) is 3.97. The number of carbonyl (C=O) groups is 2. The molecular formula is C15H21N5O3. The minimum atomic E-state index is -1.00. The van der Waals surface area contributed by atoms with Gasteiger partial charge in [0.15, 0.2) is 0 Å². The van der Waals surface area contributed by atoms with E-state index >= 15 is 0 Å².